The van der Waals surface area contributed by atoms with Crippen LogP contribution in [0.4, 0.5) is 0 Å². The summed E-state index contributed by atoms with van der Waals surface area (Å²) in [4.78, 5) is 6.95. The van der Waals surface area contributed by atoms with Crippen molar-refractivity contribution < 1.29 is 14.9 Å². The Hall–Kier alpha value is -2.86. The first-order valence-electron chi connectivity index (χ1n) is 12.1. The molecule has 1 unspecified atom stereocenters. The van der Waals surface area contributed by atoms with Gasteiger partial charge < -0.3 is 19.8 Å². The predicted molar refractivity (Wildman–Crippen MR) is 139 cm³/mol. The van der Waals surface area contributed by atoms with E-state index in [0.717, 1.165) is 59.8 Å². The van der Waals surface area contributed by atoms with Gasteiger partial charge in [-0.15, -0.1) is 0 Å². The Morgan fingerprint density at radius 2 is 1.91 bits per heavy atom. The van der Waals surface area contributed by atoms with Gasteiger partial charge in [0.25, 0.3) is 0 Å². The van der Waals surface area contributed by atoms with Crippen LogP contribution in [-0.4, -0.2) is 39.7 Å². The van der Waals surface area contributed by atoms with Crippen LogP contribution < -0.4 is 4.74 Å². The summed E-state index contributed by atoms with van der Waals surface area (Å²) in [5, 5.41) is 22.5. The first-order valence-corrected chi connectivity index (χ1v) is 12.5. The number of hydrogen-bond acceptors (Lipinski definition) is 5. The van der Waals surface area contributed by atoms with Crippen molar-refractivity contribution in [1.29, 1.82) is 0 Å². The molecule has 0 amide bonds. The summed E-state index contributed by atoms with van der Waals surface area (Å²) >= 11 is 6.07. The van der Waals surface area contributed by atoms with Gasteiger partial charge in [0.15, 0.2) is 0 Å². The number of piperidine rings is 1. The highest BCUT2D eigenvalue weighted by molar-refractivity contribution is 6.30. The standard InChI is InChI=1S/C29H31ClN2O3/c1-28(2)19-32(16-13-29(28,34)20-7-9-21(30)10-8-20)15-4-6-23-24-5-3-14-31-26(24)18-35-27-12-11-22(33)17-25(23)27/h3,5-12,14,17,33-34H,4,13,15-16,18-19H2,1-2H3/b23-6+. The molecule has 0 aliphatic carbocycles. The van der Waals surface area contributed by atoms with Crippen LogP contribution in [0.5, 0.6) is 11.5 Å². The van der Waals surface area contributed by atoms with Crippen molar-refractivity contribution in [2.75, 3.05) is 19.6 Å². The van der Waals surface area contributed by atoms with E-state index in [-0.39, 0.29) is 11.2 Å². The molecule has 182 valence electrons. The lowest BCUT2D eigenvalue weighted by Gasteiger charge is -2.50. The number of ether oxygens (including phenoxy) is 1. The van der Waals surface area contributed by atoms with E-state index in [1.54, 1.807) is 18.3 Å². The summed E-state index contributed by atoms with van der Waals surface area (Å²) in [7, 11) is 0. The molecule has 2 aliphatic heterocycles. The van der Waals surface area contributed by atoms with E-state index in [0.29, 0.717) is 18.1 Å². The Labute approximate surface area is 211 Å². The van der Waals surface area contributed by atoms with E-state index in [9.17, 15) is 10.2 Å². The van der Waals surface area contributed by atoms with Crippen molar-refractivity contribution in [3.05, 3.63) is 94.3 Å². The summed E-state index contributed by atoms with van der Waals surface area (Å²) in [6.45, 7) is 7.13. The predicted octanol–water partition coefficient (Wildman–Crippen LogP) is 5.77. The van der Waals surface area contributed by atoms with E-state index in [2.05, 4.69) is 35.9 Å². The zero-order chi connectivity index (χ0) is 24.6. The Kier molecular flexibility index (Phi) is 6.34. The van der Waals surface area contributed by atoms with Crippen molar-refractivity contribution in [2.45, 2.75) is 38.9 Å². The highest BCUT2D eigenvalue weighted by Gasteiger charge is 2.48. The minimum absolute atomic E-state index is 0.213. The van der Waals surface area contributed by atoms with Gasteiger partial charge in [0.05, 0.1) is 11.3 Å². The van der Waals surface area contributed by atoms with Crippen LogP contribution in [0.2, 0.25) is 5.02 Å². The lowest BCUT2D eigenvalue weighted by molar-refractivity contribution is -0.125. The van der Waals surface area contributed by atoms with Gasteiger partial charge in [-0.3, -0.25) is 4.98 Å². The molecule has 0 spiro atoms. The van der Waals surface area contributed by atoms with Crippen LogP contribution in [0.25, 0.3) is 5.57 Å². The number of benzene rings is 2. The molecule has 5 rings (SSSR count). The summed E-state index contributed by atoms with van der Waals surface area (Å²) in [5.41, 5.74) is 3.55. The molecule has 1 fully saturated rings. The fourth-order valence-corrected chi connectivity index (χ4v) is 5.56. The first kappa shape index (κ1) is 23.9. The molecule has 0 radical (unpaired) electrons. The number of aromatic nitrogens is 1. The zero-order valence-electron chi connectivity index (χ0n) is 20.2. The van der Waals surface area contributed by atoms with Crippen molar-refractivity contribution >= 4 is 17.2 Å². The molecule has 2 aromatic carbocycles. The molecule has 35 heavy (non-hydrogen) atoms. The average molecular weight is 491 g/mol. The van der Waals surface area contributed by atoms with Gasteiger partial charge in [0.1, 0.15) is 18.1 Å². The molecule has 3 heterocycles. The smallest absolute Gasteiger partial charge is 0.131 e. The van der Waals surface area contributed by atoms with Crippen LogP contribution >= 0.6 is 11.6 Å². The maximum absolute atomic E-state index is 11.7. The second-order valence-electron chi connectivity index (χ2n) is 10.2. The van der Waals surface area contributed by atoms with Crippen LogP contribution in [0.15, 0.2) is 66.9 Å². The van der Waals surface area contributed by atoms with E-state index in [4.69, 9.17) is 16.3 Å². The molecule has 5 nitrogen and oxygen atoms in total. The number of aliphatic hydroxyl groups is 1. The Bertz CT molecular complexity index is 1260. The van der Waals surface area contributed by atoms with Crippen molar-refractivity contribution in [2.24, 2.45) is 5.41 Å². The lowest BCUT2D eigenvalue weighted by atomic mass is 9.66. The Morgan fingerprint density at radius 3 is 2.69 bits per heavy atom. The van der Waals surface area contributed by atoms with Crippen LogP contribution in [-0.2, 0) is 12.2 Å². The number of fused-ring (bicyclic) bond motifs is 2. The van der Waals surface area contributed by atoms with Crippen molar-refractivity contribution in [3.8, 4) is 11.5 Å². The normalized spacial score (nSPS) is 22.7. The zero-order valence-corrected chi connectivity index (χ0v) is 20.9. The van der Waals surface area contributed by atoms with Gasteiger partial charge in [0, 0.05) is 47.4 Å². The minimum Gasteiger partial charge on any atom is -0.508 e. The van der Waals surface area contributed by atoms with Crippen molar-refractivity contribution in [3.63, 3.8) is 0 Å². The number of likely N-dealkylation sites (tertiary alicyclic amines) is 1. The maximum Gasteiger partial charge on any atom is 0.131 e. The number of rotatable bonds is 4. The third-order valence-electron chi connectivity index (χ3n) is 7.44. The number of hydrogen-bond donors (Lipinski definition) is 2. The molecule has 6 heteroatoms. The fourth-order valence-electron chi connectivity index (χ4n) is 5.43. The Morgan fingerprint density at radius 1 is 1.11 bits per heavy atom. The van der Waals surface area contributed by atoms with Crippen LogP contribution in [0.1, 0.15) is 49.1 Å². The van der Waals surface area contributed by atoms with Gasteiger partial charge >= 0.3 is 0 Å². The molecule has 0 bridgehead atoms. The number of phenols is 1. The van der Waals surface area contributed by atoms with E-state index in [1.807, 2.05) is 36.4 Å². The lowest BCUT2D eigenvalue weighted by Crippen LogP contribution is -2.55. The molecular weight excluding hydrogens is 460 g/mol. The molecule has 1 saturated heterocycles. The third kappa shape index (κ3) is 4.56. The van der Waals surface area contributed by atoms with E-state index >= 15 is 0 Å². The third-order valence-corrected chi connectivity index (χ3v) is 7.69. The highest BCUT2D eigenvalue weighted by Crippen LogP contribution is 2.46. The summed E-state index contributed by atoms with van der Waals surface area (Å²) in [6.07, 6.45) is 5.50. The van der Waals surface area contributed by atoms with Gasteiger partial charge in [-0.25, -0.2) is 0 Å². The van der Waals surface area contributed by atoms with E-state index in [1.165, 1.54) is 0 Å². The van der Waals surface area contributed by atoms with E-state index < -0.39 is 5.60 Å². The topological polar surface area (TPSA) is 65.8 Å². The summed E-state index contributed by atoms with van der Waals surface area (Å²) in [6, 6.07) is 16.8. The van der Waals surface area contributed by atoms with Crippen LogP contribution in [0.3, 0.4) is 0 Å². The molecular formula is C29H31ClN2O3. The largest absolute Gasteiger partial charge is 0.508 e. The average Bonchev–Trinajstić information content (AvgIpc) is 2.98. The maximum atomic E-state index is 11.7. The highest BCUT2D eigenvalue weighted by atomic mass is 35.5. The quantitative estimate of drug-likeness (QED) is 0.485. The summed E-state index contributed by atoms with van der Waals surface area (Å²) in [5.74, 6) is 0.962. The Balaban J connectivity index is 1.36. The van der Waals surface area contributed by atoms with Crippen molar-refractivity contribution in [1.82, 2.24) is 9.88 Å². The molecule has 3 aromatic rings. The first-order chi connectivity index (χ1) is 16.8. The van der Waals surface area contributed by atoms with Gasteiger partial charge in [-0.1, -0.05) is 49.7 Å². The van der Waals surface area contributed by atoms with Crippen LogP contribution in [0, 0.1) is 5.41 Å². The number of pyridine rings is 1. The van der Waals surface area contributed by atoms with Gasteiger partial charge in [-0.05, 0) is 60.4 Å². The summed E-state index contributed by atoms with van der Waals surface area (Å²) < 4.78 is 6.00. The van der Waals surface area contributed by atoms with Gasteiger partial charge in [0.2, 0.25) is 0 Å². The second kappa shape index (κ2) is 9.30. The molecule has 1 atom stereocenters. The number of phenolic OH excluding ortho intramolecular Hbond substituents is 1. The molecule has 2 N–H and O–H groups in total. The number of nitrogens with zero attached hydrogens (tertiary/aromatic N) is 2. The monoisotopic (exact) mass is 490 g/mol. The number of aromatic hydroxyl groups is 1. The molecule has 1 aromatic heterocycles. The molecule has 0 saturated carbocycles. The number of halogens is 1. The minimum atomic E-state index is -0.897. The molecule has 2 aliphatic rings. The SMILES string of the molecule is CC1(C)CN(CC/C=C2/c3cc(O)ccc3OCc3ncccc32)CCC1(O)c1ccc(Cl)cc1. The van der Waals surface area contributed by atoms with Gasteiger partial charge in [-0.2, -0.15) is 0 Å². The second-order valence-corrected chi connectivity index (χ2v) is 10.6. The fraction of sp³-hybridized carbons (Fsp3) is 0.345.